The summed E-state index contributed by atoms with van der Waals surface area (Å²) in [7, 11) is 0. The van der Waals surface area contributed by atoms with Crippen LogP contribution in [-0.2, 0) is 0 Å². The fourth-order valence-corrected chi connectivity index (χ4v) is 5.14. The Kier molecular flexibility index (Phi) is 4.41. The van der Waals surface area contributed by atoms with Crippen molar-refractivity contribution in [2.75, 3.05) is 13.1 Å². The molecule has 0 bridgehead atoms. The molecule has 0 radical (unpaired) electrons. The Labute approximate surface area is 190 Å². The standard InChI is InChI=1S/C24H15ClN2O4S/c25-18-6-3-7-20-21(18)26-24(32-20)30-14-11-27(12-14)22(28)17-10-16-15-5-2-1-4-13(15)8-9-19(16)31-23(17)29/h1-10,14H,11-12H2. The van der Waals surface area contributed by atoms with E-state index in [0.29, 0.717) is 34.4 Å². The highest BCUT2D eigenvalue weighted by molar-refractivity contribution is 7.20. The van der Waals surface area contributed by atoms with E-state index in [1.54, 1.807) is 23.1 Å². The third kappa shape index (κ3) is 3.13. The summed E-state index contributed by atoms with van der Waals surface area (Å²) in [4.78, 5) is 31.5. The first-order valence-electron chi connectivity index (χ1n) is 10.0. The van der Waals surface area contributed by atoms with Crippen LogP contribution in [0.2, 0.25) is 5.02 Å². The summed E-state index contributed by atoms with van der Waals surface area (Å²) in [5, 5.41) is 3.78. The van der Waals surface area contributed by atoms with Crippen LogP contribution in [0.5, 0.6) is 5.19 Å². The number of halogens is 1. The number of hydrogen-bond donors (Lipinski definition) is 0. The van der Waals surface area contributed by atoms with Crippen LogP contribution < -0.4 is 10.4 Å². The summed E-state index contributed by atoms with van der Waals surface area (Å²) >= 11 is 7.59. The van der Waals surface area contributed by atoms with E-state index < -0.39 is 5.63 Å². The number of nitrogens with zero attached hydrogens (tertiary/aromatic N) is 2. The van der Waals surface area contributed by atoms with Crippen molar-refractivity contribution in [1.82, 2.24) is 9.88 Å². The SMILES string of the molecule is O=C(c1cc2c(ccc3ccccc32)oc1=O)N1CC(Oc2nc3c(Cl)cccc3s2)C1. The Morgan fingerprint density at radius 3 is 2.78 bits per heavy atom. The maximum atomic E-state index is 13.0. The van der Waals surface area contributed by atoms with Crippen LogP contribution in [0, 0.1) is 0 Å². The summed E-state index contributed by atoms with van der Waals surface area (Å²) in [5.41, 5.74) is 0.564. The smallest absolute Gasteiger partial charge is 0.349 e. The predicted octanol–water partition coefficient (Wildman–Crippen LogP) is 5.11. The number of aromatic nitrogens is 1. The summed E-state index contributed by atoms with van der Waals surface area (Å²) in [6.45, 7) is 0.741. The van der Waals surface area contributed by atoms with Gasteiger partial charge in [-0.05, 0) is 35.0 Å². The highest BCUT2D eigenvalue weighted by atomic mass is 35.5. The third-order valence-electron chi connectivity index (χ3n) is 5.63. The van der Waals surface area contributed by atoms with Gasteiger partial charge in [0, 0.05) is 5.39 Å². The van der Waals surface area contributed by atoms with Crippen LogP contribution in [0.3, 0.4) is 0 Å². The van der Waals surface area contributed by atoms with Crippen molar-refractivity contribution in [2.24, 2.45) is 0 Å². The molecular formula is C24H15ClN2O4S. The van der Waals surface area contributed by atoms with Crippen LogP contribution in [0.4, 0.5) is 0 Å². The summed E-state index contributed by atoms with van der Waals surface area (Å²) in [6, 6.07) is 18.7. The third-order valence-corrected chi connectivity index (χ3v) is 6.84. The fraction of sp³-hybridized carbons (Fsp3) is 0.125. The van der Waals surface area contributed by atoms with E-state index in [4.69, 9.17) is 20.8 Å². The first kappa shape index (κ1) is 19.3. The van der Waals surface area contributed by atoms with Crippen LogP contribution in [0.1, 0.15) is 10.4 Å². The van der Waals surface area contributed by atoms with Crippen LogP contribution in [0.15, 0.2) is 69.9 Å². The summed E-state index contributed by atoms with van der Waals surface area (Å²) < 4.78 is 12.3. The average Bonchev–Trinajstić information content (AvgIpc) is 3.19. The Morgan fingerprint density at radius 2 is 1.94 bits per heavy atom. The molecule has 1 amide bonds. The van der Waals surface area contributed by atoms with Crippen molar-refractivity contribution in [3.05, 3.63) is 81.7 Å². The zero-order valence-corrected chi connectivity index (χ0v) is 18.2. The molecule has 0 aliphatic carbocycles. The van der Waals surface area contributed by atoms with Gasteiger partial charge in [-0.15, -0.1) is 0 Å². The minimum absolute atomic E-state index is 0.0269. The molecule has 0 atom stereocenters. The lowest BCUT2D eigenvalue weighted by Crippen LogP contribution is -2.56. The summed E-state index contributed by atoms with van der Waals surface area (Å²) in [6.07, 6.45) is -0.188. The zero-order chi connectivity index (χ0) is 21.8. The van der Waals surface area contributed by atoms with Gasteiger partial charge in [0.05, 0.1) is 22.8 Å². The van der Waals surface area contributed by atoms with E-state index in [1.807, 2.05) is 42.5 Å². The largest absolute Gasteiger partial charge is 0.463 e. The molecule has 2 aromatic heterocycles. The van der Waals surface area contributed by atoms with Gasteiger partial charge in [-0.25, -0.2) is 9.78 Å². The number of ether oxygens (including phenoxy) is 1. The average molecular weight is 463 g/mol. The summed E-state index contributed by atoms with van der Waals surface area (Å²) in [5.74, 6) is -0.360. The van der Waals surface area contributed by atoms with Crippen LogP contribution in [0.25, 0.3) is 32.0 Å². The van der Waals surface area contributed by atoms with Gasteiger partial charge in [0.1, 0.15) is 22.8 Å². The lowest BCUT2D eigenvalue weighted by Gasteiger charge is -2.38. The van der Waals surface area contributed by atoms with Crippen molar-refractivity contribution in [3.63, 3.8) is 0 Å². The van der Waals surface area contributed by atoms with E-state index in [-0.39, 0.29) is 17.6 Å². The molecule has 0 saturated carbocycles. The molecule has 3 aromatic carbocycles. The number of carbonyl (C=O) groups is 1. The maximum absolute atomic E-state index is 13.0. The molecule has 0 unspecified atom stereocenters. The van der Waals surface area contributed by atoms with Crippen LogP contribution in [-0.4, -0.2) is 35.0 Å². The molecule has 1 saturated heterocycles. The van der Waals surface area contributed by atoms with Gasteiger partial charge in [0.15, 0.2) is 0 Å². The minimum atomic E-state index is -0.636. The number of para-hydroxylation sites is 1. The number of benzene rings is 3. The van der Waals surface area contributed by atoms with E-state index >= 15 is 0 Å². The molecular weight excluding hydrogens is 448 g/mol. The molecule has 32 heavy (non-hydrogen) atoms. The number of fused-ring (bicyclic) bond motifs is 4. The molecule has 1 aliphatic rings. The normalized spacial score (nSPS) is 14.2. The number of rotatable bonds is 3. The molecule has 0 N–H and O–H groups in total. The molecule has 8 heteroatoms. The monoisotopic (exact) mass is 462 g/mol. The molecule has 0 spiro atoms. The molecule has 5 aromatic rings. The molecule has 3 heterocycles. The van der Waals surface area contributed by atoms with Crippen molar-refractivity contribution in [3.8, 4) is 5.19 Å². The number of thiazole rings is 1. The van der Waals surface area contributed by atoms with Crippen molar-refractivity contribution in [1.29, 1.82) is 0 Å². The Hall–Kier alpha value is -3.42. The Morgan fingerprint density at radius 1 is 1.09 bits per heavy atom. The molecule has 6 nitrogen and oxygen atoms in total. The van der Waals surface area contributed by atoms with Gasteiger partial charge >= 0.3 is 5.63 Å². The van der Waals surface area contributed by atoms with Gasteiger partial charge < -0.3 is 14.1 Å². The van der Waals surface area contributed by atoms with E-state index in [2.05, 4.69) is 4.98 Å². The highest BCUT2D eigenvalue weighted by Gasteiger charge is 2.35. The number of hydrogen-bond acceptors (Lipinski definition) is 6. The highest BCUT2D eigenvalue weighted by Crippen LogP contribution is 2.33. The van der Waals surface area contributed by atoms with Gasteiger partial charge in [0.2, 0.25) is 0 Å². The lowest BCUT2D eigenvalue weighted by atomic mass is 10.0. The fourth-order valence-electron chi connectivity index (χ4n) is 3.96. The number of likely N-dealkylation sites (tertiary alicyclic amines) is 1. The van der Waals surface area contributed by atoms with Crippen molar-refractivity contribution < 1.29 is 13.9 Å². The Balaban J connectivity index is 1.23. The molecule has 158 valence electrons. The first-order chi connectivity index (χ1) is 15.6. The molecule has 1 aliphatic heterocycles. The second kappa shape index (κ2) is 7.32. The van der Waals surface area contributed by atoms with Crippen LogP contribution >= 0.6 is 22.9 Å². The lowest BCUT2D eigenvalue weighted by molar-refractivity contribution is 0.0175. The minimum Gasteiger partial charge on any atom is -0.463 e. The van der Waals surface area contributed by atoms with Gasteiger partial charge in [-0.1, -0.05) is 59.3 Å². The number of carbonyl (C=O) groups excluding carboxylic acids is 1. The van der Waals surface area contributed by atoms with E-state index in [9.17, 15) is 9.59 Å². The van der Waals surface area contributed by atoms with Gasteiger partial charge in [-0.3, -0.25) is 4.79 Å². The van der Waals surface area contributed by atoms with E-state index in [1.165, 1.54) is 11.3 Å². The first-order valence-corrected chi connectivity index (χ1v) is 11.2. The molecule has 1 fully saturated rings. The van der Waals surface area contributed by atoms with E-state index in [0.717, 1.165) is 20.9 Å². The van der Waals surface area contributed by atoms with Crippen molar-refractivity contribution in [2.45, 2.75) is 6.10 Å². The second-order valence-corrected chi connectivity index (χ2v) is 9.06. The Bertz CT molecular complexity index is 1590. The zero-order valence-electron chi connectivity index (χ0n) is 16.6. The van der Waals surface area contributed by atoms with Gasteiger partial charge in [-0.2, -0.15) is 0 Å². The maximum Gasteiger partial charge on any atom is 0.349 e. The molecule has 6 rings (SSSR count). The van der Waals surface area contributed by atoms with Gasteiger partial charge in [0.25, 0.3) is 11.1 Å². The van der Waals surface area contributed by atoms with Crippen molar-refractivity contribution >= 4 is 60.8 Å². The quantitative estimate of drug-likeness (QED) is 0.275. The second-order valence-electron chi connectivity index (χ2n) is 7.66. The number of amides is 1. The topological polar surface area (TPSA) is 72.6 Å². The predicted molar refractivity (Wildman–Crippen MR) is 125 cm³/mol.